The highest BCUT2D eigenvalue weighted by atomic mass is 16.5. The lowest BCUT2D eigenvalue weighted by atomic mass is 9.95. The second kappa shape index (κ2) is 10.1. The Morgan fingerprint density at radius 3 is 2.08 bits per heavy atom. The largest absolute Gasteiger partial charge is 0.388 e. The molecule has 0 heterocycles. The summed E-state index contributed by atoms with van der Waals surface area (Å²) in [5, 5.41) is 31.3. The maximum Gasteiger partial charge on any atom is 0.112 e. The van der Waals surface area contributed by atoms with Crippen molar-refractivity contribution in [1.82, 2.24) is 0 Å². The number of ether oxygens (including phenoxy) is 1. The van der Waals surface area contributed by atoms with E-state index in [1.807, 2.05) is 36.4 Å². The first kappa shape index (κ1) is 19.3. The van der Waals surface area contributed by atoms with Crippen LogP contribution in [0.2, 0.25) is 0 Å². The third-order valence-electron chi connectivity index (χ3n) is 4.16. The molecule has 0 radical (unpaired) electrons. The molecule has 0 aliphatic rings. The Morgan fingerprint density at radius 1 is 0.880 bits per heavy atom. The van der Waals surface area contributed by atoms with Gasteiger partial charge in [0.05, 0.1) is 12.7 Å². The van der Waals surface area contributed by atoms with Crippen molar-refractivity contribution in [3.05, 3.63) is 84.4 Å². The predicted molar refractivity (Wildman–Crippen MR) is 97.9 cm³/mol. The highest BCUT2D eigenvalue weighted by molar-refractivity contribution is 5.19. The first-order valence-corrected chi connectivity index (χ1v) is 8.49. The average Bonchev–Trinajstić information content (AvgIpc) is 2.68. The molecule has 0 aromatic heterocycles. The van der Waals surface area contributed by atoms with Crippen molar-refractivity contribution in [3.63, 3.8) is 0 Å². The van der Waals surface area contributed by atoms with Gasteiger partial charge in [-0.3, -0.25) is 0 Å². The average molecular weight is 342 g/mol. The lowest BCUT2D eigenvalue weighted by Crippen LogP contribution is -2.42. The second-order valence-corrected chi connectivity index (χ2v) is 6.04. The maximum atomic E-state index is 10.5. The number of aliphatic hydroxyl groups is 3. The molecule has 0 amide bonds. The highest BCUT2D eigenvalue weighted by Crippen LogP contribution is 2.23. The molecule has 0 aliphatic heterocycles. The van der Waals surface area contributed by atoms with E-state index < -0.39 is 24.4 Å². The summed E-state index contributed by atoms with van der Waals surface area (Å²) in [6, 6.07) is 18.4. The monoisotopic (exact) mass is 342 g/mol. The van der Waals surface area contributed by atoms with Gasteiger partial charge in [0, 0.05) is 0 Å². The van der Waals surface area contributed by atoms with Gasteiger partial charge in [-0.15, -0.1) is 6.58 Å². The van der Waals surface area contributed by atoms with E-state index in [1.54, 1.807) is 30.3 Å². The molecule has 134 valence electrons. The molecule has 4 heteroatoms. The van der Waals surface area contributed by atoms with Crippen molar-refractivity contribution < 1.29 is 20.1 Å². The number of allylic oxidation sites excluding steroid dienone is 1. The summed E-state index contributed by atoms with van der Waals surface area (Å²) in [5.41, 5.74) is 1.54. The van der Waals surface area contributed by atoms with Crippen LogP contribution in [0.3, 0.4) is 0 Å². The first-order valence-electron chi connectivity index (χ1n) is 8.49. The molecule has 0 fully saturated rings. The molecule has 0 saturated heterocycles. The molecule has 0 unspecified atom stereocenters. The summed E-state index contributed by atoms with van der Waals surface area (Å²) in [6.07, 6.45) is -1.44. The summed E-state index contributed by atoms with van der Waals surface area (Å²) in [7, 11) is 0. The van der Waals surface area contributed by atoms with Crippen molar-refractivity contribution in [2.45, 2.75) is 43.9 Å². The Morgan fingerprint density at radius 2 is 1.48 bits per heavy atom. The lowest BCUT2D eigenvalue weighted by molar-refractivity contribution is -0.130. The van der Waals surface area contributed by atoms with E-state index in [2.05, 4.69) is 6.58 Å². The van der Waals surface area contributed by atoms with Gasteiger partial charge in [0.25, 0.3) is 0 Å². The summed E-state index contributed by atoms with van der Waals surface area (Å²) in [5.74, 6) is 0. The van der Waals surface area contributed by atoms with Crippen LogP contribution in [0.4, 0.5) is 0 Å². The maximum absolute atomic E-state index is 10.5. The van der Waals surface area contributed by atoms with Crippen LogP contribution in [0, 0.1) is 0 Å². The van der Waals surface area contributed by atoms with Crippen molar-refractivity contribution in [3.8, 4) is 0 Å². The molecular formula is C21H26O4. The summed E-state index contributed by atoms with van der Waals surface area (Å²) < 4.78 is 5.83. The second-order valence-electron chi connectivity index (χ2n) is 6.04. The first-order chi connectivity index (χ1) is 12.1. The fourth-order valence-electron chi connectivity index (χ4n) is 2.67. The Balaban J connectivity index is 2.03. The zero-order valence-corrected chi connectivity index (χ0v) is 14.2. The molecule has 2 aromatic carbocycles. The van der Waals surface area contributed by atoms with Crippen molar-refractivity contribution in [2.75, 3.05) is 0 Å². The Labute approximate surface area is 149 Å². The van der Waals surface area contributed by atoms with Crippen LogP contribution in [0.5, 0.6) is 0 Å². The molecule has 25 heavy (non-hydrogen) atoms. The van der Waals surface area contributed by atoms with Crippen LogP contribution in [-0.2, 0) is 11.3 Å². The van der Waals surface area contributed by atoms with Gasteiger partial charge in [0.1, 0.15) is 18.3 Å². The standard InChI is InChI=1S/C21H26O4/c1-2-3-14-18(25-15-16-10-6-4-7-11-16)20(23)21(24)19(22)17-12-8-5-9-13-17/h2,4-13,18-24H,1,3,14-15H2/t18-,19-,20+,21+/m0/s1. The van der Waals surface area contributed by atoms with E-state index in [0.29, 0.717) is 25.0 Å². The number of benzene rings is 2. The van der Waals surface area contributed by atoms with Crippen LogP contribution < -0.4 is 0 Å². The van der Waals surface area contributed by atoms with Gasteiger partial charge in [0.15, 0.2) is 0 Å². The Kier molecular flexibility index (Phi) is 7.82. The summed E-state index contributed by atoms with van der Waals surface area (Å²) in [6.45, 7) is 4.02. The van der Waals surface area contributed by atoms with Crippen LogP contribution in [-0.4, -0.2) is 33.6 Å². The highest BCUT2D eigenvalue weighted by Gasteiger charge is 2.32. The topological polar surface area (TPSA) is 69.9 Å². The van der Waals surface area contributed by atoms with Crippen molar-refractivity contribution >= 4 is 0 Å². The normalized spacial score (nSPS) is 16.0. The van der Waals surface area contributed by atoms with E-state index >= 15 is 0 Å². The zero-order valence-electron chi connectivity index (χ0n) is 14.2. The fourth-order valence-corrected chi connectivity index (χ4v) is 2.67. The molecule has 3 N–H and O–H groups in total. The Hall–Kier alpha value is -1.98. The van der Waals surface area contributed by atoms with Gasteiger partial charge in [0.2, 0.25) is 0 Å². The van der Waals surface area contributed by atoms with Gasteiger partial charge in [-0.1, -0.05) is 66.7 Å². The van der Waals surface area contributed by atoms with E-state index in [-0.39, 0.29) is 0 Å². The minimum atomic E-state index is -1.34. The molecule has 0 bridgehead atoms. The minimum Gasteiger partial charge on any atom is -0.388 e. The van der Waals surface area contributed by atoms with Gasteiger partial charge < -0.3 is 20.1 Å². The molecular weight excluding hydrogens is 316 g/mol. The van der Waals surface area contributed by atoms with E-state index in [0.717, 1.165) is 5.56 Å². The number of hydrogen-bond acceptors (Lipinski definition) is 4. The van der Waals surface area contributed by atoms with E-state index in [1.165, 1.54) is 0 Å². The summed E-state index contributed by atoms with van der Waals surface area (Å²) >= 11 is 0. The molecule has 4 atom stereocenters. The van der Waals surface area contributed by atoms with Gasteiger partial charge in [-0.2, -0.15) is 0 Å². The third kappa shape index (κ3) is 5.80. The molecule has 2 aromatic rings. The van der Waals surface area contributed by atoms with Crippen LogP contribution in [0.15, 0.2) is 73.3 Å². The fraction of sp³-hybridized carbons (Fsp3) is 0.333. The number of aliphatic hydroxyl groups excluding tert-OH is 3. The van der Waals surface area contributed by atoms with Gasteiger partial charge in [-0.25, -0.2) is 0 Å². The SMILES string of the molecule is C=CCC[C@H](OCc1ccccc1)[C@@H](O)[C@H](O)[C@@H](O)c1ccccc1. The smallest absolute Gasteiger partial charge is 0.112 e. The van der Waals surface area contributed by atoms with Crippen LogP contribution in [0.1, 0.15) is 30.1 Å². The van der Waals surface area contributed by atoms with Gasteiger partial charge >= 0.3 is 0 Å². The minimum absolute atomic E-state index is 0.327. The van der Waals surface area contributed by atoms with Crippen molar-refractivity contribution in [2.24, 2.45) is 0 Å². The molecule has 0 spiro atoms. The van der Waals surface area contributed by atoms with E-state index in [9.17, 15) is 15.3 Å². The molecule has 0 aliphatic carbocycles. The van der Waals surface area contributed by atoms with Crippen LogP contribution in [0.25, 0.3) is 0 Å². The number of rotatable bonds is 10. The predicted octanol–water partition coefficient (Wildman–Crippen LogP) is 2.99. The molecule has 4 nitrogen and oxygen atoms in total. The number of hydrogen-bond donors (Lipinski definition) is 3. The molecule has 0 saturated carbocycles. The van der Waals surface area contributed by atoms with Crippen LogP contribution >= 0.6 is 0 Å². The van der Waals surface area contributed by atoms with Gasteiger partial charge in [-0.05, 0) is 24.0 Å². The third-order valence-corrected chi connectivity index (χ3v) is 4.16. The quantitative estimate of drug-likeness (QED) is 0.581. The zero-order chi connectivity index (χ0) is 18.1. The Bertz CT molecular complexity index is 614. The summed E-state index contributed by atoms with van der Waals surface area (Å²) in [4.78, 5) is 0. The lowest BCUT2D eigenvalue weighted by Gasteiger charge is -2.29. The van der Waals surface area contributed by atoms with E-state index in [4.69, 9.17) is 4.74 Å². The van der Waals surface area contributed by atoms with Crippen molar-refractivity contribution in [1.29, 1.82) is 0 Å². The molecule has 2 rings (SSSR count).